The third-order valence-corrected chi connectivity index (χ3v) is 5.57. The van der Waals surface area contributed by atoms with E-state index in [2.05, 4.69) is 25.9 Å². The first-order valence-corrected chi connectivity index (χ1v) is 10.9. The van der Waals surface area contributed by atoms with E-state index >= 15 is 0 Å². The number of nitrogens with one attached hydrogen (secondary N) is 3. The molecule has 2 aromatic rings. The van der Waals surface area contributed by atoms with Crippen LogP contribution >= 0.6 is 0 Å². The van der Waals surface area contributed by atoms with Crippen molar-refractivity contribution in [3.05, 3.63) is 36.0 Å². The summed E-state index contributed by atoms with van der Waals surface area (Å²) in [5.41, 5.74) is 0.597. The van der Waals surface area contributed by atoms with Crippen molar-refractivity contribution in [3.8, 4) is 0 Å². The highest BCUT2D eigenvalue weighted by atomic mass is 32.2. The van der Waals surface area contributed by atoms with Crippen LogP contribution in [0.25, 0.3) is 0 Å². The van der Waals surface area contributed by atoms with E-state index in [4.69, 9.17) is 0 Å². The molecule has 1 saturated heterocycles. The largest absolute Gasteiger partial charge is 0.355 e. The minimum absolute atomic E-state index is 0.136. The van der Waals surface area contributed by atoms with E-state index in [0.717, 1.165) is 38.9 Å². The average Bonchev–Trinajstić information content (AvgIpc) is 2.96. The first kappa shape index (κ1) is 20.0. The Morgan fingerprint density at radius 2 is 2.00 bits per heavy atom. The lowest BCUT2D eigenvalue weighted by atomic mass is 10.2. The smallest absolute Gasteiger partial charge is 0.256 e. The van der Waals surface area contributed by atoms with E-state index in [-0.39, 0.29) is 22.2 Å². The number of amides is 1. The molecule has 1 aliphatic heterocycles. The highest BCUT2D eigenvalue weighted by Crippen LogP contribution is 2.26. The number of rotatable bonds is 5. The van der Waals surface area contributed by atoms with Gasteiger partial charge in [-0.2, -0.15) is 4.98 Å². The van der Waals surface area contributed by atoms with Crippen LogP contribution in [0.2, 0.25) is 0 Å². The summed E-state index contributed by atoms with van der Waals surface area (Å²) in [6.07, 6.45) is 3.56. The van der Waals surface area contributed by atoms with E-state index in [1.807, 2.05) is 4.90 Å². The molecular formula is C18H24N6O3S. The number of carbonyl (C=O) groups excluding carboxylic acids is 1. The number of hydrogen-bond acceptors (Lipinski definition) is 8. The van der Waals surface area contributed by atoms with Gasteiger partial charge in [0.15, 0.2) is 9.84 Å². The maximum absolute atomic E-state index is 12.3. The quantitative estimate of drug-likeness (QED) is 0.670. The Kier molecular flexibility index (Phi) is 6.10. The van der Waals surface area contributed by atoms with Crippen LogP contribution in [-0.4, -0.2) is 63.8 Å². The predicted molar refractivity (Wildman–Crippen MR) is 108 cm³/mol. The van der Waals surface area contributed by atoms with Crippen molar-refractivity contribution in [2.24, 2.45) is 0 Å². The monoisotopic (exact) mass is 404 g/mol. The molecule has 1 fully saturated rings. The van der Waals surface area contributed by atoms with E-state index in [1.165, 1.54) is 19.3 Å². The second kappa shape index (κ2) is 8.53. The summed E-state index contributed by atoms with van der Waals surface area (Å²) in [6.45, 7) is 3.30. The molecule has 0 bridgehead atoms. The van der Waals surface area contributed by atoms with Crippen molar-refractivity contribution in [3.63, 3.8) is 0 Å². The summed E-state index contributed by atoms with van der Waals surface area (Å²) in [6, 6.07) is 6.53. The Hall–Kier alpha value is -2.72. The van der Waals surface area contributed by atoms with Crippen molar-refractivity contribution < 1.29 is 13.2 Å². The number of carbonyl (C=O) groups is 1. The van der Waals surface area contributed by atoms with Crippen molar-refractivity contribution in [2.75, 3.05) is 49.7 Å². The second-order valence-electron chi connectivity index (χ2n) is 6.50. The molecule has 28 heavy (non-hydrogen) atoms. The minimum Gasteiger partial charge on any atom is -0.355 e. The topological polar surface area (TPSA) is 116 Å². The molecule has 0 unspecified atom stereocenters. The third-order valence-electron chi connectivity index (χ3n) is 4.41. The van der Waals surface area contributed by atoms with Gasteiger partial charge >= 0.3 is 0 Å². The molecule has 0 radical (unpaired) electrons. The zero-order chi connectivity index (χ0) is 20.1. The van der Waals surface area contributed by atoms with Crippen LogP contribution in [-0.2, 0) is 9.84 Å². The van der Waals surface area contributed by atoms with Gasteiger partial charge in [0.1, 0.15) is 11.4 Å². The van der Waals surface area contributed by atoms with Gasteiger partial charge in [-0.05, 0) is 25.1 Å². The van der Waals surface area contributed by atoms with Crippen molar-refractivity contribution >= 4 is 33.2 Å². The molecule has 150 valence electrons. The molecule has 1 aromatic heterocycles. The Balaban J connectivity index is 2.02. The van der Waals surface area contributed by atoms with Gasteiger partial charge in [-0.15, -0.1) is 0 Å². The zero-order valence-electron chi connectivity index (χ0n) is 15.9. The fourth-order valence-corrected chi connectivity index (χ4v) is 3.83. The van der Waals surface area contributed by atoms with Crippen LogP contribution in [0.1, 0.15) is 16.8 Å². The van der Waals surface area contributed by atoms with E-state index < -0.39 is 9.84 Å². The van der Waals surface area contributed by atoms with Crippen molar-refractivity contribution in [1.29, 1.82) is 0 Å². The van der Waals surface area contributed by atoms with Gasteiger partial charge in [-0.25, -0.2) is 13.4 Å². The van der Waals surface area contributed by atoms with Gasteiger partial charge in [-0.1, -0.05) is 12.1 Å². The molecule has 0 atom stereocenters. The lowest BCUT2D eigenvalue weighted by molar-refractivity contribution is 0.0963. The number of aromatic nitrogens is 2. The normalized spacial score (nSPS) is 15.0. The highest BCUT2D eigenvalue weighted by Gasteiger charge is 2.20. The van der Waals surface area contributed by atoms with Crippen LogP contribution < -0.4 is 20.9 Å². The number of para-hydroxylation sites is 1. The van der Waals surface area contributed by atoms with Gasteiger partial charge in [0.2, 0.25) is 5.95 Å². The molecule has 10 heteroatoms. The molecule has 0 saturated carbocycles. The summed E-state index contributed by atoms with van der Waals surface area (Å²) in [5, 5.41) is 8.91. The number of anilines is 3. The summed E-state index contributed by atoms with van der Waals surface area (Å²) in [4.78, 5) is 23.4. The molecular weight excluding hydrogens is 380 g/mol. The Morgan fingerprint density at radius 3 is 2.75 bits per heavy atom. The molecule has 9 nitrogen and oxygen atoms in total. The standard InChI is InChI=1S/C18H24N6O3S/c1-19-17(25)13-12-21-18(24-10-5-8-20-9-11-24)23-16(13)22-14-6-3-4-7-15(14)28(2,26)27/h3-4,6-7,12,20H,5,8-11H2,1-2H3,(H,19,25)(H,21,22,23). The Bertz CT molecular complexity index is 956. The maximum Gasteiger partial charge on any atom is 0.256 e. The average molecular weight is 404 g/mol. The van der Waals surface area contributed by atoms with Crippen LogP contribution in [0.15, 0.2) is 35.4 Å². The molecule has 1 aliphatic rings. The van der Waals surface area contributed by atoms with Crippen LogP contribution in [0.4, 0.5) is 17.5 Å². The number of nitrogens with zero attached hydrogens (tertiary/aromatic N) is 3. The molecule has 1 amide bonds. The van der Waals surface area contributed by atoms with Gasteiger partial charge < -0.3 is 20.9 Å². The van der Waals surface area contributed by atoms with Crippen molar-refractivity contribution in [1.82, 2.24) is 20.6 Å². The number of sulfone groups is 1. The predicted octanol–water partition coefficient (Wildman–Crippen LogP) is 0.783. The molecule has 3 rings (SSSR count). The fraction of sp³-hybridized carbons (Fsp3) is 0.389. The first-order valence-electron chi connectivity index (χ1n) is 9.01. The van der Waals surface area contributed by atoms with Gasteiger partial charge in [0.05, 0.1) is 10.6 Å². The molecule has 2 heterocycles. The van der Waals surface area contributed by atoms with E-state index in [1.54, 1.807) is 18.2 Å². The van der Waals surface area contributed by atoms with Crippen LogP contribution in [0.3, 0.4) is 0 Å². The Morgan fingerprint density at radius 1 is 1.21 bits per heavy atom. The second-order valence-corrected chi connectivity index (χ2v) is 8.48. The lowest BCUT2D eigenvalue weighted by Gasteiger charge is -2.21. The summed E-state index contributed by atoms with van der Waals surface area (Å²) < 4.78 is 24.2. The van der Waals surface area contributed by atoms with Crippen LogP contribution in [0.5, 0.6) is 0 Å². The fourth-order valence-electron chi connectivity index (χ4n) is 2.99. The first-order chi connectivity index (χ1) is 13.4. The van der Waals surface area contributed by atoms with Gasteiger partial charge in [0, 0.05) is 39.1 Å². The molecule has 3 N–H and O–H groups in total. The lowest BCUT2D eigenvalue weighted by Crippen LogP contribution is -2.30. The Labute approximate surface area is 164 Å². The third kappa shape index (κ3) is 4.57. The summed E-state index contributed by atoms with van der Waals surface area (Å²) >= 11 is 0. The summed E-state index contributed by atoms with van der Waals surface area (Å²) in [7, 11) is -1.93. The maximum atomic E-state index is 12.3. The number of benzene rings is 1. The van der Waals surface area contributed by atoms with Crippen LogP contribution in [0, 0.1) is 0 Å². The zero-order valence-corrected chi connectivity index (χ0v) is 16.7. The van der Waals surface area contributed by atoms with E-state index in [0.29, 0.717) is 11.6 Å². The number of hydrogen-bond donors (Lipinski definition) is 3. The highest BCUT2D eigenvalue weighted by molar-refractivity contribution is 7.90. The van der Waals surface area contributed by atoms with Crippen molar-refractivity contribution in [2.45, 2.75) is 11.3 Å². The molecule has 0 aliphatic carbocycles. The SMILES string of the molecule is CNC(=O)c1cnc(N2CCCNCC2)nc1Nc1ccccc1S(C)(=O)=O. The molecule has 0 spiro atoms. The molecule has 1 aromatic carbocycles. The van der Waals surface area contributed by atoms with Gasteiger partial charge in [-0.3, -0.25) is 4.79 Å². The summed E-state index contributed by atoms with van der Waals surface area (Å²) in [5.74, 6) is 0.400. The van der Waals surface area contributed by atoms with E-state index in [9.17, 15) is 13.2 Å². The minimum atomic E-state index is -3.45. The van der Waals surface area contributed by atoms with Gasteiger partial charge in [0.25, 0.3) is 5.91 Å².